The molecule has 2 rings (SSSR count). The normalized spacial score (nSPS) is 21.6. The Hall–Kier alpha value is -1.53. The molecule has 1 saturated heterocycles. The van der Waals surface area contributed by atoms with Crippen LogP contribution in [0.4, 0.5) is 10.1 Å². The minimum atomic E-state index is -0.776. The van der Waals surface area contributed by atoms with Crippen LogP contribution in [0, 0.1) is 15.9 Å². The molecule has 5 nitrogen and oxygen atoms in total. The Kier molecular flexibility index (Phi) is 4.67. The van der Waals surface area contributed by atoms with E-state index in [0.29, 0.717) is 12.6 Å². The highest BCUT2D eigenvalue weighted by Crippen LogP contribution is 2.23. The van der Waals surface area contributed by atoms with Crippen molar-refractivity contribution >= 4 is 5.69 Å². The molecule has 0 saturated carbocycles. The van der Waals surface area contributed by atoms with Crippen molar-refractivity contribution in [3.8, 4) is 0 Å². The number of benzene rings is 1. The van der Waals surface area contributed by atoms with Crippen molar-refractivity contribution in [1.29, 1.82) is 0 Å². The third kappa shape index (κ3) is 3.32. The lowest BCUT2D eigenvalue weighted by Gasteiger charge is -2.38. The van der Waals surface area contributed by atoms with Crippen LogP contribution in [0.5, 0.6) is 0 Å². The van der Waals surface area contributed by atoms with E-state index in [1.165, 1.54) is 12.1 Å². The highest BCUT2D eigenvalue weighted by molar-refractivity contribution is 5.35. The number of hydrogen-bond acceptors (Lipinski definition) is 4. The standard InChI is InChI=1S/C14H20FN3O2/c1-10(16)13-4-2-3-7-17(13)9-11-5-6-14(18(19)20)12(15)8-11/h5-6,8,10,13H,2-4,7,9,16H2,1H3. The third-order valence-corrected chi connectivity index (χ3v) is 3.87. The highest BCUT2D eigenvalue weighted by Gasteiger charge is 2.25. The summed E-state index contributed by atoms with van der Waals surface area (Å²) in [6.45, 7) is 3.51. The Morgan fingerprint density at radius 2 is 2.30 bits per heavy atom. The number of likely N-dealkylation sites (tertiary alicyclic amines) is 1. The van der Waals surface area contributed by atoms with Crippen molar-refractivity contribution in [2.45, 2.75) is 44.8 Å². The van der Waals surface area contributed by atoms with Crippen molar-refractivity contribution in [2.75, 3.05) is 6.54 Å². The second-order valence-electron chi connectivity index (χ2n) is 5.44. The Balaban J connectivity index is 2.12. The Labute approximate surface area is 117 Å². The summed E-state index contributed by atoms with van der Waals surface area (Å²) in [6, 6.07) is 4.47. The van der Waals surface area contributed by atoms with Crippen molar-refractivity contribution in [3.05, 3.63) is 39.7 Å². The first kappa shape index (κ1) is 14.9. The monoisotopic (exact) mass is 281 g/mol. The van der Waals surface area contributed by atoms with Crippen LogP contribution in [0.25, 0.3) is 0 Å². The zero-order valence-electron chi connectivity index (χ0n) is 11.6. The molecule has 2 atom stereocenters. The highest BCUT2D eigenvalue weighted by atomic mass is 19.1. The average molecular weight is 281 g/mol. The molecule has 0 aliphatic carbocycles. The summed E-state index contributed by atoms with van der Waals surface area (Å²) in [7, 11) is 0. The quantitative estimate of drug-likeness (QED) is 0.679. The fourth-order valence-corrected chi connectivity index (χ4v) is 2.84. The summed E-state index contributed by atoms with van der Waals surface area (Å²) in [6.07, 6.45) is 3.32. The molecule has 1 heterocycles. The van der Waals surface area contributed by atoms with Crippen molar-refractivity contribution in [2.24, 2.45) is 5.73 Å². The van der Waals surface area contributed by atoms with Gasteiger partial charge in [0.25, 0.3) is 0 Å². The van der Waals surface area contributed by atoms with Gasteiger partial charge in [-0.15, -0.1) is 0 Å². The average Bonchev–Trinajstić information content (AvgIpc) is 2.38. The van der Waals surface area contributed by atoms with Gasteiger partial charge >= 0.3 is 5.69 Å². The molecule has 2 unspecified atom stereocenters. The summed E-state index contributed by atoms with van der Waals surface area (Å²) >= 11 is 0. The first-order valence-corrected chi connectivity index (χ1v) is 6.91. The summed E-state index contributed by atoms with van der Waals surface area (Å²) in [5, 5.41) is 10.6. The van der Waals surface area contributed by atoms with Crippen LogP contribution in [0.2, 0.25) is 0 Å². The van der Waals surface area contributed by atoms with E-state index in [1.807, 2.05) is 6.92 Å². The number of rotatable bonds is 4. The second kappa shape index (κ2) is 6.28. The van der Waals surface area contributed by atoms with E-state index in [9.17, 15) is 14.5 Å². The maximum absolute atomic E-state index is 13.6. The van der Waals surface area contributed by atoms with Crippen LogP contribution in [0.15, 0.2) is 18.2 Å². The van der Waals surface area contributed by atoms with Crippen LogP contribution in [0.1, 0.15) is 31.7 Å². The van der Waals surface area contributed by atoms with Crippen molar-refractivity contribution in [3.63, 3.8) is 0 Å². The van der Waals surface area contributed by atoms with Crippen LogP contribution in [-0.2, 0) is 6.54 Å². The van der Waals surface area contributed by atoms with E-state index >= 15 is 0 Å². The Morgan fingerprint density at radius 1 is 1.55 bits per heavy atom. The number of piperidine rings is 1. The summed E-state index contributed by atoms with van der Waals surface area (Å²) in [5.74, 6) is -0.776. The molecule has 6 heteroatoms. The molecule has 0 aromatic heterocycles. The van der Waals surface area contributed by atoms with Crippen LogP contribution < -0.4 is 5.73 Å². The minimum Gasteiger partial charge on any atom is -0.327 e. The van der Waals surface area contributed by atoms with Crippen LogP contribution in [-0.4, -0.2) is 28.5 Å². The molecule has 0 bridgehead atoms. The predicted octanol–water partition coefficient (Wildman–Crippen LogP) is 2.44. The van der Waals surface area contributed by atoms with Gasteiger partial charge < -0.3 is 5.73 Å². The summed E-state index contributed by atoms with van der Waals surface area (Å²) < 4.78 is 13.6. The Morgan fingerprint density at radius 3 is 2.90 bits per heavy atom. The predicted molar refractivity (Wildman–Crippen MR) is 74.8 cm³/mol. The number of hydrogen-bond donors (Lipinski definition) is 1. The first-order valence-electron chi connectivity index (χ1n) is 6.91. The maximum Gasteiger partial charge on any atom is 0.304 e. The van der Waals surface area contributed by atoms with Gasteiger partial charge in [-0.2, -0.15) is 4.39 Å². The van der Waals surface area contributed by atoms with Crippen molar-refractivity contribution < 1.29 is 9.31 Å². The smallest absolute Gasteiger partial charge is 0.304 e. The summed E-state index contributed by atoms with van der Waals surface area (Å²) in [5.41, 5.74) is 6.27. The SMILES string of the molecule is CC(N)C1CCCCN1Cc1ccc([N+](=O)[O-])c(F)c1. The van der Waals surface area contributed by atoms with E-state index in [-0.39, 0.29) is 6.04 Å². The topological polar surface area (TPSA) is 72.4 Å². The van der Waals surface area contributed by atoms with Gasteiger partial charge in [0.15, 0.2) is 0 Å². The molecule has 1 aliphatic heterocycles. The zero-order valence-corrected chi connectivity index (χ0v) is 11.6. The summed E-state index contributed by atoms with van der Waals surface area (Å²) in [4.78, 5) is 12.1. The molecule has 0 radical (unpaired) electrons. The fourth-order valence-electron chi connectivity index (χ4n) is 2.84. The van der Waals surface area contributed by atoms with E-state index < -0.39 is 16.4 Å². The van der Waals surface area contributed by atoms with Gasteiger partial charge in [0.1, 0.15) is 0 Å². The minimum absolute atomic E-state index is 0.0678. The number of nitrogens with two attached hydrogens (primary N) is 1. The third-order valence-electron chi connectivity index (χ3n) is 3.87. The second-order valence-corrected chi connectivity index (χ2v) is 5.44. The number of nitro benzene ring substituents is 1. The van der Waals surface area contributed by atoms with E-state index in [4.69, 9.17) is 5.73 Å². The van der Waals surface area contributed by atoms with E-state index in [0.717, 1.165) is 31.4 Å². The largest absolute Gasteiger partial charge is 0.327 e. The number of halogens is 1. The Bertz CT molecular complexity index is 493. The van der Waals surface area contributed by atoms with E-state index in [1.54, 1.807) is 6.07 Å². The van der Waals surface area contributed by atoms with Gasteiger partial charge in [0.05, 0.1) is 4.92 Å². The molecule has 1 aliphatic rings. The molecular weight excluding hydrogens is 261 g/mol. The van der Waals surface area contributed by atoms with Crippen molar-refractivity contribution in [1.82, 2.24) is 4.90 Å². The van der Waals surface area contributed by atoms with Crippen LogP contribution in [0.3, 0.4) is 0 Å². The first-order chi connectivity index (χ1) is 9.49. The molecule has 2 N–H and O–H groups in total. The molecule has 1 aromatic carbocycles. The molecule has 20 heavy (non-hydrogen) atoms. The number of nitro groups is 1. The lowest BCUT2D eigenvalue weighted by Crippen LogP contribution is -2.48. The molecular formula is C14H20FN3O2. The zero-order chi connectivity index (χ0) is 14.7. The van der Waals surface area contributed by atoms with Gasteiger partial charge in [-0.25, -0.2) is 0 Å². The molecule has 0 spiro atoms. The lowest BCUT2D eigenvalue weighted by molar-refractivity contribution is -0.387. The fraction of sp³-hybridized carbons (Fsp3) is 0.571. The lowest BCUT2D eigenvalue weighted by atomic mass is 9.96. The molecule has 0 amide bonds. The van der Waals surface area contributed by atoms with Gasteiger partial charge in [-0.3, -0.25) is 15.0 Å². The molecule has 1 fully saturated rings. The van der Waals surface area contributed by atoms with Gasteiger partial charge in [0.2, 0.25) is 5.82 Å². The van der Waals surface area contributed by atoms with Gasteiger partial charge in [-0.1, -0.05) is 12.5 Å². The van der Waals surface area contributed by atoms with Gasteiger partial charge in [0, 0.05) is 24.7 Å². The molecule has 110 valence electrons. The van der Waals surface area contributed by atoms with Crippen LogP contribution >= 0.6 is 0 Å². The maximum atomic E-state index is 13.6. The number of nitrogens with zero attached hydrogens (tertiary/aromatic N) is 2. The molecule has 1 aromatic rings. The van der Waals surface area contributed by atoms with E-state index in [2.05, 4.69) is 4.90 Å². The van der Waals surface area contributed by atoms with Gasteiger partial charge in [-0.05, 0) is 37.9 Å².